The molecule has 0 fully saturated rings. The summed E-state index contributed by atoms with van der Waals surface area (Å²) in [6, 6.07) is 15.9. The maximum atomic E-state index is 13.4. The van der Waals surface area contributed by atoms with Crippen molar-refractivity contribution in [3.05, 3.63) is 65.5 Å². The Labute approximate surface area is 130 Å². The van der Waals surface area contributed by atoms with Crippen LogP contribution in [-0.2, 0) is 6.42 Å². The van der Waals surface area contributed by atoms with E-state index < -0.39 is 0 Å². The molecule has 0 radical (unpaired) electrons. The van der Waals surface area contributed by atoms with E-state index in [2.05, 4.69) is 36.5 Å². The Morgan fingerprint density at radius 3 is 2.86 bits per heavy atom. The molecular weight excluding hydrogens is 281 g/mol. The molecule has 3 heteroatoms. The van der Waals surface area contributed by atoms with Crippen molar-refractivity contribution in [3.8, 4) is 0 Å². The van der Waals surface area contributed by atoms with Gasteiger partial charge in [0, 0.05) is 16.2 Å². The van der Waals surface area contributed by atoms with Gasteiger partial charge in [-0.1, -0.05) is 37.3 Å². The molecule has 0 aliphatic heterocycles. The minimum Gasteiger partial charge on any atom is -0.309 e. The smallest absolute Gasteiger partial charge is 0.124 e. The maximum absolute atomic E-state index is 13.4. The molecule has 2 unspecified atom stereocenters. The van der Waals surface area contributed by atoms with Crippen molar-refractivity contribution in [1.29, 1.82) is 0 Å². The molecule has 1 nitrogen and oxygen atoms in total. The highest BCUT2D eigenvalue weighted by atomic mass is 32.2. The van der Waals surface area contributed by atoms with Crippen molar-refractivity contribution in [2.45, 2.75) is 36.0 Å². The Hall–Kier alpha value is -1.32. The average molecular weight is 301 g/mol. The number of rotatable bonds is 5. The van der Waals surface area contributed by atoms with E-state index >= 15 is 0 Å². The van der Waals surface area contributed by atoms with Gasteiger partial charge in [-0.15, -0.1) is 11.8 Å². The second kappa shape index (κ2) is 6.63. The average Bonchev–Trinajstić information content (AvgIpc) is 2.82. The van der Waals surface area contributed by atoms with Gasteiger partial charge in [-0.05, 0) is 48.7 Å². The summed E-state index contributed by atoms with van der Waals surface area (Å²) in [6.45, 7) is 3.20. The number of benzene rings is 2. The fraction of sp³-hybridized carbons (Fsp3) is 0.333. The van der Waals surface area contributed by atoms with Crippen LogP contribution in [0.3, 0.4) is 0 Å². The molecule has 1 N–H and O–H groups in total. The van der Waals surface area contributed by atoms with E-state index in [1.807, 2.05) is 6.07 Å². The van der Waals surface area contributed by atoms with Crippen LogP contribution in [0.1, 0.15) is 30.5 Å². The fourth-order valence-electron chi connectivity index (χ4n) is 2.92. The zero-order valence-corrected chi connectivity index (χ0v) is 13.0. The number of fused-ring (bicyclic) bond motifs is 1. The molecule has 1 aliphatic carbocycles. The van der Waals surface area contributed by atoms with Gasteiger partial charge >= 0.3 is 0 Å². The number of hydrogen-bond acceptors (Lipinski definition) is 2. The topological polar surface area (TPSA) is 12.0 Å². The van der Waals surface area contributed by atoms with Crippen molar-refractivity contribution in [1.82, 2.24) is 5.32 Å². The molecule has 0 amide bonds. The van der Waals surface area contributed by atoms with Crippen LogP contribution in [0.2, 0.25) is 0 Å². The third-order valence-electron chi connectivity index (χ3n) is 3.88. The minimum absolute atomic E-state index is 0.159. The summed E-state index contributed by atoms with van der Waals surface area (Å²) in [4.78, 5) is 1.01. The normalized spacial score (nSPS) is 20.5. The van der Waals surface area contributed by atoms with Gasteiger partial charge in [0.25, 0.3) is 0 Å². The molecule has 0 aromatic heterocycles. The molecule has 0 spiro atoms. The van der Waals surface area contributed by atoms with Crippen molar-refractivity contribution < 1.29 is 4.39 Å². The number of thioether (sulfide) groups is 1. The Morgan fingerprint density at radius 1 is 1.19 bits per heavy atom. The van der Waals surface area contributed by atoms with Crippen molar-refractivity contribution in [3.63, 3.8) is 0 Å². The molecule has 2 aromatic rings. The highest BCUT2D eigenvalue weighted by molar-refractivity contribution is 8.00. The highest BCUT2D eigenvalue weighted by Gasteiger charge is 2.32. The molecular formula is C18H20FNS. The molecule has 0 saturated carbocycles. The monoisotopic (exact) mass is 301 g/mol. The van der Waals surface area contributed by atoms with Gasteiger partial charge in [0.1, 0.15) is 5.82 Å². The van der Waals surface area contributed by atoms with Crippen LogP contribution in [0.4, 0.5) is 4.39 Å². The summed E-state index contributed by atoms with van der Waals surface area (Å²) >= 11 is 1.78. The van der Waals surface area contributed by atoms with Crippen LogP contribution in [0.25, 0.3) is 0 Å². The lowest BCUT2D eigenvalue weighted by Gasteiger charge is -2.21. The molecule has 2 aromatic carbocycles. The summed E-state index contributed by atoms with van der Waals surface area (Å²) in [5, 5.41) is 4.08. The van der Waals surface area contributed by atoms with Gasteiger partial charge in [-0.3, -0.25) is 0 Å². The SMILES string of the molecule is CCCNC1c2ccccc2CC1Sc1cccc(F)c1. The van der Waals surface area contributed by atoms with Crippen LogP contribution in [0, 0.1) is 5.82 Å². The lowest BCUT2D eigenvalue weighted by atomic mass is 10.1. The Morgan fingerprint density at radius 2 is 2.05 bits per heavy atom. The summed E-state index contributed by atoms with van der Waals surface area (Å²) < 4.78 is 13.4. The van der Waals surface area contributed by atoms with Gasteiger partial charge in [0.2, 0.25) is 0 Å². The van der Waals surface area contributed by atoms with Gasteiger partial charge in [-0.2, -0.15) is 0 Å². The highest BCUT2D eigenvalue weighted by Crippen LogP contribution is 2.41. The van der Waals surface area contributed by atoms with E-state index in [9.17, 15) is 4.39 Å². The van der Waals surface area contributed by atoms with Crippen LogP contribution in [-0.4, -0.2) is 11.8 Å². The first-order valence-corrected chi connectivity index (χ1v) is 8.39. The van der Waals surface area contributed by atoms with E-state index in [4.69, 9.17) is 0 Å². The van der Waals surface area contributed by atoms with E-state index in [0.717, 1.165) is 24.3 Å². The first-order chi connectivity index (χ1) is 10.3. The van der Waals surface area contributed by atoms with Crippen LogP contribution in [0.5, 0.6) is 0 Å². The predicted octanol–water partition coefficient (Wildman–Crippen LogP) is 4.58. The lowest BCUT2D eigenvalue weighted by Crippen LogP contribution is -2.27. The quantitative estimate of drug-likeness (QED) is 0.867. The van der Waals surface area contributed by atoms with E-state index in [-0.39, 0.29) is 5.82 Å². The van der Waals surface area contributed by atoms with Gasteiger partial charge in [-0.25, -0.2) is 4.39 Å². The van der Waals surface area contributed by atoms with Crippen LogP contribution >= 0.6 is 11.8 Å². The molecule has 1 aliphatic rings. The second-order valence-electron chi connectivity index (χ2n) is 5.45. The molecule has 0 saturated heterocycles. The summed E-state index contributed by atoms with van der Waals surface area (Å²) in [5.41, 5.74) is 2.82. The number of hydrogen-bond donors (Lipinski definition) is 1. The first-order valence-electron chi connectivity index (χ1n) is 7.51. The van der Waals surface area contributed by atoms with Gasteiger partial charge < -0.3 is 5.32 Å². The minimum atomic E-state index is -0.159. The lowest BCUT2D eigenvalue weighted by molar-refractivity contribution is 0.539. The Bertz CT molecular complexity index is 614. The third kappa shape index (κ3) is 3.30. The number of nitrogens with one attached hydrogen (secondary N) is 1. The van der Waals surface area contributed by atoms with Crippen molar-refractivity contribution in [2.75, 3.05) is 6.54 Å². The Balaban J connectivity index is 1.81. The standard InChI is InChI=1S/C18H20FNS/c1-2-10-20-18-16-9-4-3-6-13(16)11-17(18)21-15-8-5-7-14(19)12-15/h3-9,12,17-18,20H,2,10-11H2,1H3. The summed E-state index contributed by atoms with van der Waals surface area (Å²) in [6.07, 6.45) is 2.16. The largest absolute Gasteiger partial charge is 0.309 e. The fourth-order valence-corrected chi connectivity index (χ4v) is 4.25. The summed E-state index contributed by atoms with van der Waals surface area (Å²) in [5.74, 6) is -0.159. The van der Waals surface area contributed by atoms with E-state index in [0.29, 0.717) is 11.3 Å². The van der Waals surface area contributed by atoms with Crippen molar-refractivity contribution in [2.24, 2.45) is 0 Å². The van der Waals surface area contributed by atoms with Crippen LogP contribution in [0.15, 0.2) is 53.4 Å². The van der Waals surface area contributed by atoms with E-state index in [1.165, 1.54) is 17.2 Å². The molecule has 3 rings (SSSR count). The number of halogens is 1. The molecule has 0 bridgehead atoms. The van der Waals surface area contributed by atoms with E-state index in [1.54, 1.807) is 23.9 Å². The van der Waals surface area contributed by atoms with Crippen molar-refractivity contribution >= 4 is 11.8 Å². The zero-order chi connectivity index (χ0) is 14.7. The summed E-state index contributed by atoms with van der Waals surface area (Å²) in [7, 11) is 0. The molecule has 2 atom stereocenters. The maximum Gasteiger partial charge on any atom is 0.124 e. The van der Waals surface area contributed by atoms with Crippen LogP contribution < -0.4 is 5.32 Å². The van der Waals surface area contributed by atoms with Gasteiger partial charge in [0.05, 0.1) is 0 Å². The third-order valence-corrected chi connectivity index (χ3v) is 5.15. The second-order valence-corrected chi connectivity index (χ2v) is 6.76. The first kappa shape index (κ1) is 14.6. The predicted molar refractivity (Wildman–Crippen MR) is 87.2 cm³/mol. The molecule has 0 heterocycles. The Kier molecular flexibility index (Phi) is 4.61. The van der Waals surface area contributed by atoms with Gasteiger partial charge in [0.15, 0.2) is 0 Å². The molecule has 110 valence electrons. The molecule has 21 heavy (non-hydrogen) atoms. The zero-order valence-electron chi connectivity index (χ0n) is 12.2.